The van der Waals surface area contributed by atoms with Crippen molar-refractivity contribution in [1.82, 2.24) is 5.32 Å². The number of hydrogen-bond donors (Lipinski definition) is 1. The maximum absolute atomic E-state index is 11.8. The number of halogens is 1. The summed E-state index contributed by atoms with van der Waals surface area (Å²) in [6.07, 6.45) is 8.44. The molecule has 1 atom stereocenters. The molecule has 0 bridgehead atoms. The second-order valence-corrected chi connectivity index (χ2v) is 5.31. The van der Waals surface area contributed by atoms with E-state index in [9.17, 15) is 4.79 Å². The molecule has 1 saturated carbocycles. The molecule has 3 heteroatoms. The molecule has 0 radical (unpaired) electrons. The SMILES string of the molecule is CC(Cl)CNC(=O)C1CCCCCCC1. The summed E-state index contributed by atoms with van der Waals surface area (Å²) in [5.74, 6) is 0.449. The van der Waals surface area contributed by atoms with Gasteiger partial charge in [-0.2, -0.15) is 0 Å². The third-order valence-electron chi connectivity index (χ3n) is 3.03. The summed E-state index contributed by atoms with van der Waals surface area (Å²) in [6.45, 7) is 2.50. The van der Waals surface area contributed by atoms with Crippen LogP contribution in [0.1, 0.15) is 51.9 Å². The maximum Gasteiger partial charge on any atom is 0.223 e. The zero-order chi connectivity index (χ0) is 11.1. The van der Waals surface area contributed by atoms with E-state index in [1.807, 2.05) is 6.92 Å². The van der Waals surface area contributed by atoms with Crippen molar-refractivity contribution >= 4 is 17.5 Å². The van der Waals surface area contributed by atoms with E-state index < -0.39 is 0 Å². The summed E-state index contributed by atoms with van der Waals surface area (Å²) in [5, 5.41) is 2.96. The van der Waals surface area contributed by atoms with Crippen LogP contribution in [0.15, 0.2) is 0 Å². The third kappa shape index (κ3) is 5.41. The van der Waals surface area contributed by atoms with Gasteiger partial charge in [-0.3, -0.25) is 4.79 Å². The summed E-state index contributed by atoms with van der Waals surface area (Å²) in [6, 6.07) is 0. The number of hydrogen-bond acceptors (Lipinski definition) is 1. The molecular formula is C12H22ClNO. The van der Waals surface area contributed by atoms with Gasteiger partial charge >= 0.3 is 0 Å². The van der Waals surface area contributed by atoms with Gasteiger partial charge in [0.05, 0.1) is 0 Å². The molecule has 0 aliphatic heterocycles. The zero-order valence-corrected chi connectivity index (χ0v) is 10.4. The summed E-state index contributed by atoms with van der Waals surface area (Å²) in [5.41, 5.74) is 0. The van der Waals surface area contributed by atoms with Crippen molar-refractivity contribution < 1.29 is 4.79 Å². The monoisotopic (exact) mass is 231 g/mol. The lowest BCUT2D eigenvalue weighted by atomic mass is 9.90. The summed E-state index contributed by atoms with van der Waals surface area (Å²) < 4.78 is 0. The number of rotatable bonds is 3. The highest BCUT2D eigenvalue weighted by Gasteiger charge is 2.18. The van der Waals surface area contributed by atoms with Gasteiger partial charge in [0.1, 0.15) is 0 Å². The van der Waals surface area contributed by atoms with Crippen molar-refractivity contribution in [3.8, 4) is 0 Å². The molecular weight excluding hydrogens is 210 g/mol. The van der Waals surface area contributed by atoms with E-state index in [1.54, 1.807) is 0 Å². The molecule has 0 heterocycles. The first-order valence-electron chi connectivity index (χ1n) is 6.12. The predicted molar refractivity (Wildman–Crippen MR) is 64.1 cm³/mol. The van der Waals surface area contributed by atoms with E-state index in [4.69, 9.17) is 11.6 Å². The molecule has 15 heavy (non-hydrogen) atoms. The molecule has 1 aliphatic rings. The summed E-state index contributed by atoms with van der Waals surface area (Å²) in [4.78, 5) is 11.8. The molecule has 1 N–H and O–H groups in total. The average Bonchev–Trinajstić information content (AvgIpc) is 2.13. The second-order valence-electron chi connectivity index (χ2n) is 4.57. The van der Waals surface area contributed by atoms with Gasteiger partial charge in [-0.1, -0.05) is 32.1 Å². The number of nitrogens with one attached hydrogen (secondary N) is 1. The van der Waals surface area contributed by atoms with Crippen molar-refractivity contribution in [3.63, 3.8) is 0 Å². The largest absolute Gasteiger partial charge is 0.354 e. The van der Waals surface area contributed by atoms with Crippen LogP contribution in [0.2, 0.25) is 0 Å². The number of carbonyl (C=O) groups is 1. The maximum atomic E-state index is 11.8. The van der Waals surface area contributed by atoms with E-state index in [0.717, 1.165) is 12.8 Å². The van der Waals surface area contributed by atoms with E-state index in [-0.39, 0.29) is 17.2 Å². The fraction of sp³-hybridized carbons (Fsp3) is 0.917. The second kappa shape index (κ2) is 7.10. The minimum absolute atomic E-state index is 0.0301. The molecule has 0 spiro atoms. The minimum atomic E-state index is 0.0301. The lowest BCUT2D eigenvalue weighted by Gasteiger charge is -2.19. The Morgan fingerprint density at radius 3 is 2.33 bits per heavy atom. The van der Waals surface area contributed by atoms with Gasteiger partial charge in [0.15, 0.2) is 0 Å². The highest BCUT2D eigenvalue weighted by atomic mass is 35.5. The highest BCUT2D eigenvalue weighted by molar-refractivity contribution is 6.20. The van der Waals surface area contributed by atoms with Gasteiger partial charge in [-0.05, 0) is 19.8 Å². The van der Waals surface area contributed by atoms with Gasteiger partial charge in [-0.15, -0.1) is 11.6 Å². The predicted octanol–water partition coefficient (Wildman–Crippen LogP) is 3.09. The topological polar surface area (TPSA) is 29.1 Å². The standard InChI is InChI=1S/C12H22ClNO/c1-10(13)9-14-12(15)11-7-5-3-2-4-6-8-11/h10-11H,2-9H2,1H3,(H,14,15). The Balaban J connectivity index is 2.28. The first-order chi connectivity index (χ1) is 7.20. The molecule has 0 aromatic rings. The Morgan fingerprint density at radius 1 is 1.27 bits per heavy atom. The Labute approximate surface area is 97.8 Å². The van der Waals surface area contributed by atoms with Gasteiger partial charge in [-0.25, -0.2) is 0 Å². The quantitative estimate of drug-likeness (QED) is 0.744. The van der Waals surface area contributed by atoms with Crippen molar-refractivity contribution in [2.24, 2.45) is 5.92 Å². The Hall–Kier alpha value is -0.240. The Kier molecular flexibility index (Phi) is 6.07. The molecule has 1 aliphatic carbocycles. The van der Waals surface area contributed by atoms with Crippen LogP contribution in [0.25, 0.3) is 0 Å². The van der Waals surface area contributed by atoms with Crippen molar-refractivity contribution in [2.45, 2.75) is 57.2 Å². The Bertz CT molecular complexity index is 186. The Morgan fingerprint density at radius 2 is 1.80 bits per heavy atom. The van der Waals surface area contributed by atoms with E-state index in [0.29, 0.717) is 6.54 Å². The van der Waals surface area contributed by atoms with E-state index >= 15 is 0 Å². The minimum Gasteiger partial charge on any atom is -0.354 e. The van der Waals surface area contributed by atoms with Crippen LogP contribution < -0.4 is 5.32 Å². The lowest BCUT2D eigenvalue weighted by molar-refractivity contribution is -0.125. The molecule has 0 saturated heterocycles. The fourth-order valence-electron chi connectivity index (χ4n) is 2.10. The molecule has 0 aromatic heterocycles. The molecule has 1 rings (SSSR count). The highest BCUT2D eigenvalue weighted by Crippen LogP contribution is 2.22. The lowest BCUT2D eigenvalue weighted by Crippen LogP contribution is -2.34. The van der Waals surface area contributed by atoms with Crippen LogP contribution in [0, 0.1) is 5.92 Å². The van der Waals surface area contributed by atoms with Crippen LogP contribution >= 0.6 is 11.6 Å². The van der Waals surface area contributed by atoms with Crippen molar-refractivity contribution in [3.05, 3.63) is 0 Å². The van der Waals surface area contributed by atoms with Crippen LogP contribution in [0.3, 0.4) is 0 Å². The molecule has 2 nitrogen and oxygen atoms in total. The number of alkyl halides is 1. The van der Waals surface area contributed by atoms with Crippen LogP contribution in [-0.2, 0) is 4.79 Å². The van der Waals surface area contributed by atoms with Crippen molar-refractivity contribution in [1.29, 1.82) is 0 Å². The van der Waals surface area contributed by atoms with Gasteiger partial charge in [0, 0.05) is 17.8 Å². The van der Waals surface area contributed by atoms with Crippen LogP contribution in [0.5, 0.6) is 0 Å². The number of carbonyl (C=O) groups excluding carboxylic acids is 1. The van der Waals surface area contributed by atoms with Crippen LogP contribution in [0.4, 0.5) is 0 Å². The third-order valence-corrected chi connectivity index (χ3v) is 3.19. The van der Waals surface area contributed by atoms with Gasteiger partial charge < -0.3 is 5.32 Å². The summed E-state index contributed by atoms with van der Waals surface area (Å²) >= 11 is 5.80. The first kappa shape index (κ1) is 12.8. The van der Waals surface area contributed by atoms with Crippen molar-refractivity contribution in [2.75, 3.05) is 6.54 Å². The van der Waals surface area contributed by atoms with E-state index in [2.05, 4.69) is 5.32 Å². The van der Waals surface area contributed by atoms with Crippen LogP contribution in [-0.4, -0.2) is 17.8 Å². The average molecular weight is 232 g/mol. The first-order valence-corrected chi connectivity index (χ1v) is 6.55. The summed E-state index contributed by atoms with van der Waals surface area (Å²) in [7, 11) is 0. The molecule has 1 amide bonds. The normalized spacial score (nSPS) is 21.5. The van der Waals surface area contributed by atoms with Gasteiger partial charge in [0.2, 0.25) is 5.91 Å². The fourth-order valence-corrected chi connectivity index (χ4v) is 2.18. The molecule has 88 valence electrons. The van der Waals surface area contributed by atoms with Gasteiger partial charge in [0.25, 0.3) is 0 Å². The zero-order valence-electron chi connectivity index (χ0n) is 9.60. The molecule has 1 fully saturated rings. The van der Waals surface area contributed by atoms with E-state index in [1.165, 1.54) is 32.1 Å². The molecule has 0 aromatic carbocycles. The number of amides is 1. The molecule has 1 unspecified atom stereocenters. The smallest absolute Gasteiger partial charge is 0.223 e.